The van der Waals surface area contributed by atoms with Gasteiger partial charge in [0.2, 0.25) is 11.8 Å². The number of benzene rings is 1. The van der Waals surface area contributed by atoms with E-state index in [0.717, 1.165) is 5.69 Å². The highest BCUT2D eigenvalue weighted by molar-refractivity contribution is 8.24. The number of amides is 2. The molecule has 0 spiro atoms. The van der Waals surface area contributed by atoms with Gasteiger partial charge in [-0.3, -0.25) is 14.5 Å². The molecule has 100 valence electrons. The summed E-state index contributed by atoms with van der Waals surface area (Å²) in [5, 5.41) is -0.192. The first-order chi connectivity index (χ1) is 9.00. The summed E-state index contributed by atoms with van der Waals surface area (Å²) in [6.07, 6.45) is 0. The number of rotatable bonds is 3. The van der Waals surface area contributed by atoms with Crippen molar-refractivity contribution in [3.05, 3.63) is 30.3 Å². The van der Waals surface area contributed by atoms with Crippen LogP contribution in [0, 0.1) is 0 Å². The molecule has 2 amide bonds. The van der Waals surface area contributed by atoms with Crippen LogP contribution in [-0.2, 0) is 9.59 Å². The second-order valence-corrected chi connectivity index (χ2v) is 6.21. The second kappa shape index (κ2) is 5.71. The van der Waals surface area contributed by atoms with Crippen LogP contribution in [-0.4, -0.2) is 39.9 Å². The van der Waals surface area contributed by atoms with Crippen LogP contribution in [0.25, 0.3) is 0 Å². The number of carbonyl (C=O) groups excluding carboxylic acids is 2. The Morgan fingerprint density at radius 2 is 2.05 bits per heavy atom. The van der Waals surface area contributed by atoms with E-state index in [0.29, 0.717) is 4.32 Å². The van der Waals surface area contributed by atoms with Gasteiger partial charge in [-0.2, -0.15) is 0 Å². The molecule has 1 aliphatic heterocycles. The smallest absolute Gasteiger partial charge is 0.246 e. The van der Waals surface area contributed by atoms with Crippen molar-refractivity contribution in [2.45, 2.75) is 12.2 Å². The van der Waals surface area contributed by atoms with Crippen LogP contribution in [0.1, 0.15) is 6.92 Å². The Bertz CT molecular complexity index is 519. The van der Waals surface area contributed by atoms with E-state index in [2.05, 4.69) is 0 Å². The molecule has 1 aromatic rings. The monoisotopic (exact) mass is 294 g/mol. The molecular weight excluding hydrogens is 280 g/mol. The van der Waals surface area contributed by atoms with Crippen molar-refractivity contribution in [3.63, 3.8) is 0 Å². The van der Waals surface area contributed by atoms with Gasteiger partial charge in [0, 0.05) is 12.7 Å². The molecule has 1 unspecified atom stereocenters. The minimum absolute atomic E-state index is 0.000398. The summed E-state index contributed by atoms with van der Waals surface area (Å²) >= 11 is 6.44. The maximum Gasteiger partial charge on any atom is 0.246 e. The van der Waals surface area contributed by atoms with E-state index >= 15 is 0 Å². The SMILES string of the molecule is CC1SC(=S)N(CC(=O)N(C)c2ccccc2)C1=O. The first-order valence-electron chi connectivity index (χ1n) is 5.84. The largest absolute Gasteiger partial charge is 0.314 e. The van der Waals surface area contributed by atoms with Crippen LogP contribution in [0.3, 0.4) is 0 Å². The fraction of sp³-hybridized carbons (Fsp3) is 0.308. The van der Waals surface area contributed by atoms with E-state index in [4.69, 9.17) is 12.2 Å². The zero-order chi connectivity index (χ0) is 14.0. The van der Waals surface area contributed by atoms with Gasteiger partial charge >= 0.3 is 0 Å². The normalized spacial score (nSPS) is 18.8. The molecule has 1 atom stereocenters. The van der Waals surface area contributed by atoms with Crippen molar-refractivity contribution in [3.8, 4) is 0 Å². The third-order valence-corrected chi connectivity index (χ3v) is 4.41. The van der Waals surface area contributed by atoms with Gasteiger partial charge in [0.1, 0.15) is 10.9 Å². The average Bonchev–Trinajstić information content (AvgIpc) is 2.65. The summed E-state index contributed by atoms with van der Waals surface area (Å²) in [6.45, 7) is 1.80. The Morgan fingerprint density at radius 1 is 1.42 bits per heavy atom. The van der Waals surface area contributed by atoms with Gasteiger partial charge in [-0.25, -0.2) is 0 Å². The fourth-order valence-corrected chi connectivity index (χ4v) is 3.15. The summed E-state index contributed by atoms with van der Waals surface area (Å²) in [7, 11) is 1.69. The van der Waals surface area contributed by atoms with Crippen molar-refractivity contribution in [2.75, 3.05) is 18.5 Å². The molecule has 0 bridgehead atoms. The van der Waals surface area contributed by atoms with Crippen LogP contribution in [0.15, 0.2) is 30.3 Å². The highest BCUT2D eigenvalue weighted by atomic mass is 32.2. The highest BCUT2D eigenvalue weighted by Crippen LogP contribution is 2.26. The average molecular weight is 294 g/mol. The minimum Gasteiger partial charge on any atom is -0.314 e. The molecule has 1 aliphatic rings. The number of para-hydroxylation sites is 1. The second-order valence-electron chi connectivity index (χ2n) is 4.24. The van der Waals surface area contributed by atoms with Crippen molar-refractivity contribution < 1.29 is 9.59 Å². The molecule has 2 rings (SSSR count). The number of likely N-dealkylation sites (N-methyl/N-ethyl adjacent to an activating group) is 1. The molecule has 19 heavy (non-hydrogen) atoms. The van der Waals surface area contributed by atoms with Gasteiger partial charge in [0.05, 0.1) is 5.25 Å². The Kier molecular flexibility index (Phi) is 4.21. The van der Waals surface area contributed by atoms with Gasteiger partial charge in [0.25, 0.3) is 0 Å². The van der Waals surface area contributed by atoms with E-state index in [1.54, 1.807) is 14.0 Å². The predicted molar refractivity (Wildman–Crippen MR) is 81.2 cm³/mol. The molecule has 0 radical (unpaired) electrons. The van der Waals surface area contributed by atoms with Gasteiger partial charge in [-0.1, -0.05) is 42.2 Å². The lowest BCUT2D eigenvalue weighted by Crippen LogP contribution is -2.41. The summed E-state index contributed by atoms with van der Waals surface area (Å²) in [6, 6.07) is 9.31. The van der Waals surface area contributed by atoms with E-state index < -0.39 is 0 Å². The van der Waals surface area contributed by atoms with E-state index in [9.17, 15) is 9.59 Å². The van der Waals surface area contributed by atoms with Crippen molar-refractivity contribution in [2.24, 2.45) is 0 Å². The van der Waals surface area contributed by atoms with Gasteiger partial charge in [0.15, 0.2) is 0 Å². The van der Waals surface area contributed by atoms with Crippen molar-refractivity contribution >= 4 is 45.8 Å². The fourth-order valence-electron chi connectivity index (χ4n) is 1.75. The van der Waals surface area contributed by atoms with Crippen LogP contribution in [0.5, 0.6) is 0 Å². The first kappa shape index (κ1) is 14.0. The molecular formula is C13H14N2O2S2. The van der Waals surface area contributed by atoms with E-state index in [1.807, 2.05) is 30.3 Å². The molecule has 0 N–H and O–H groups in total. The summed E-state index contributed by atoms with van der Waals surface area (Å²) < 4.78 is 0.479. The molecule has 6 heteroatoms. The number of thioether (sulfide) groups is 1. The Balaban J connectivity index is 2.06. The van der Waals surface area contributed by atoms with E-state index in [1.165, 1.54) is 21.6 Å². The maximum absolute atomic E-state index is 12.2. The Morgan fingerprint density at radius 3 is 2.58 bits per heavy atom. The molecule has 1 heterocycles. The number of anilines is 1. The predicted octanol–water partition coefficient (Wildman–Crippen LogP) is 1.90. The minimum atomic E-state index is -0.192. The molecule has 1 saturated heterocycles. The molecule has 1 fully saturated rings. The number of nitrogens with zero attached hydrogens (tertiary/aromatic N) is 2. The first-order valence-corrected chi connectivity index (χ1v) is 7.13. The third-order valence-electron chi connectivity index (χ3n) is 2.92. The number of hydrogen-bond acceptors (Lipinski definition) is 4. The third kappa shape index (κ3) is 2.96. The molecule has 0 aromatic heterocycles. The van der Waals surface area contributed by atoms with Gasteiger partial charge in [-0.15, -0.1) is 0 Å². The summed E-state index contributed by atoms with van der Waals surface area (Å²) in [4.78, 5) is 26.9. The van der Waals surface area contributed by atoms with Crippen molar-refractivity contribution in [1.29, 1.82) is 0 Å². The van der Waals surface area contributed by atoms with Crippen molar-refractivity contribution in [1.82, 2.24) is 4.90 Å². The quantitative estimate of drug-likeness (QED) is 0.798. The number of thiocarbonyl (C=S) groups is 1. The van der Waals surface area contributed by atoms with Crippen LogP contribution in [0.2, 0.25) is 0 Å². The molecule has 0 saturated carbocycles. The van der Waals surface area contributed by atoms with Crippen LogP contribution in [0.4, 0.5) is 5.69 Å². The topological polar surface area (TPSA) is 40.6 Å². The van der Waals surface area contributed by atoms with E-state index in [-0.39, 0.29) is 23.6 Å². The standard InChI is InChI=1S/C13H14N2O2S2/c1-9-12(17)15(13(18)19-9)8-11(16)14(2)10-6-4-3-5-7-10/h3-7,9H,8H2,1-2H3. The van der Waals surface area contributed by atoms with Crippen LogP contribution < -0.4 is 4.90 Å². The molecule has 0 aliphatic carbocycles. The lowest BCUT2D eigenvalue weighted by Gasteiger charge is -2.21. The zero-order valence-electron chi connectivity index (χ0n) is 10.7. The number of carbonyl (C=O) groups is 2. The zero-order valence-corrected chi connectivity index (χ0v) is 12.3. The molecule has 1 aromatic carbocycles. The number of hydrogen-bond donors (Lipinski definition) is 0. The maximum atomic E-state index is 12.2. The molecule has 4 nitrogen and oxygen atoms in total. The van der Waals surface area contributed by atoms with Gasteiger partial charge in [-0.05, 0) is 19.1 Å². The lowest BCUT2D eigenvalue weighted by atomic mass is 10.3. The Hall–Kier alpha value is -1.40. The highest BCUT2D eigenvalue weighted by Gasteiger charge is 2.35. The Labute approximate surface area is 121 Å². The lowest BCUT2D eigenvalue weighted by molar-refractivity contribution is -0.129. The summed E-state index contributed by atoms with van der Waals surface area (Å²) in [5.74, 6) is -0.249. The van der Waals surface area contributed by atoms with Gasteiger partial charge < -0.3 is 4.90 Å². The summed E-state index contributed by atoms with van der Waals surface area (Å²) in [5.41, 5.74) is 0.797. The van der Waals surface area contributed by atoms with Crippen LogP contribution >= 0.6 is 24.0 Å².